The molecule has 0 amide bonds. The van der Waals surface area contributed by atoms with Gasteiger partial charge in [-0.1, -0.05) is 6.08 Å². The van der Waals surface area contributed by atoms with E-state index in [4.69, 9.17) is 0 Å². The maximum absolute atomic E-state index is 12.7. The van der Waals surface area contributed by atoms with Gasteiger partial charge in [0.2, 0.25) is 0 Å². The molecule has 1 aromatic rings. The van der Waals surface area contributed by atoms with Gasteiger partial charge < -0.3 is 5.32 Å². The van der Waals surface area contributed by atoms with Crippen molar-refractivity contribution in [1.82, 2.24) is 0 Å². The molecular formula is C10H11FIN. The Kier molecular flexibility index (Phi) is 3.71. The van der Waals surface area contributed by atoms with Crippen molar-refractivity contribution in [2.45, 2.75) is 13.0 Å². The van der Waals surface area contributed by atoms with Crippen molar-refractivity contribution in [1.29, 1.82) is 0 Å². The minimum absolute atomic E-state index is 0.193. The molecular weight excluding hydrogens is 280 g/mol. The van der Waals surface area contributed by atoms with Crippen molar-refractivity contribution in [2.24, 2.45) is 0 Å². The summed E-state index contributed by atoms with van der Waals surface area (Å²) in [5, 5.41) is 3.19. The van der Waals surface area contributed by atoms with E-state index in [0.717, 1.165) is 9.26 Å². The van der Waals surface area contributed by atoms with Crippen LogP contribution in [0.1, 0.15) is 6.92 Å². The summed E-state index contributed by atoms with van der Waals surface area (Å²) < 4.78 is 13.6. The van der Waals surface area contributed by atoms with Crippen LogP contribution in [-0.4, -0.2) is 6.04 Å². The van der Waals surface area contributed by atoms with Crippen LogP contribution >= 0.6 is 22.6 Å². The molecule has 0 saturated carbocycles. The lowest BCUT2D eigenvalue weighted by Gasteiger charge is -2.12. The molecule has 0 heterocycles. The Bertz CT molecular complexity index is 312. The molecule has 1 atom stereocenters. The quantitative estimate of drug-likeness (QED) is 0.664. The number of halogens is 2. The molecule has 70 valence electrons. The predicted molar refractivity (Wildman–Crippen MR) is 62.4 cm³/mol. The minimum Gasteiger partial charge on any atom is -0.378 e. The van der Waals surface area contributed by atoms with E-state index in [1.54, 1.807) is 12.1 Å². The topological polar surface area (TPSA) is 12.0 Å². The van der Waals surface area contributed by atoms with E-state index in [2.05, 4.69) is 34.5 Å². The molecule has 1 unspecified atom stereocenters. The van der Waals surface area contributed by atoms with Gasteiger partial charge in [0.25, 0.3) is 0 Å². The highest BCUT2D eigenvalue weighted by Gasteiger charge is 2.02. The summed E-state index contributed by atoms with van der Waals surface area (Å²) in [5.74, 6) is -0.207. The first-order valence-corrected chi connectivity index (χ1v) is 5.05. The van der Waals surface area contributed by atoms with Gasteiger partial charge in [0.05, 0.1) is 0 Å². The Hall–Kier alpha value is -0.580. The van der Waals surface area contributed by atoms with E-state index in [0.29, 0.717) is 0 Å². The molecule has 1 rings (SSSR count). The van der Waals surface area contributed by atoms with Crippen molar-refractivity contribution in [3.63, 3.8) is 0 Å². The standard InChI is InChI=1S/C10H11FIN/c1-3-7(2)13-10-5-4-8(11)6-9(10)12/h3-7,13H,1H2,2H3. The summed E-state index contributed by atoms with van der Waals surface area (Å²) in [4.78, 5) is 0. The van der Waals surface area contributed by atoms with Gasteiger partial charge in [-0.15, -0.1) is 6.58 Å². The highest BCUT2D eigenvalue weighted by Crippen LogP contribution is 2.19. The average Bonchev–Trinajstić information content (AvgIpc) is 2.09. The Morgan fingerprint density at radius 3 is 2.85 bits per heavy atom. The molecule has 0 bridgehead atoms. The molecule has 1 N–H and O–H groups in total. The normalized spacial score (nSPS) is 12.2. The summed E-state index contributed by atoms with van der Waals surface area (Å²) in [5.41, 5.74) is 0.939. The summed E-state index contributed by atoms with van der Waals surface area (Å²) in [7, 11) is 0. The Morgan fingerprint density at radius 2 is 2.31 bits per heavy atom. The Morgan fingerprint density at radius 1 is 1.62 bits per heavy atom. The average molecular weight is 291 g/mol. The number of hydrogen-bond acceptors (Lipinski definition) is 1. The lowest BCUT2D eigenvalue weighted by molar-refractivity contribution is 0.627. The maximum atomic E-state index is 12.7. The van der Waals surface area contributed by atoms with Crippen molar-refractivity contribution in [3.8, 4) is 0 Å². The molecule has 0 saturated heterocycles. The Labute approximate surface area is 91.2 Å². The van der Waals surface area contributed by atoms with Gasteiger partial charge in [0, 0.05) is 15.3 Å². The van der Waals surface area contributed by atoms with Crippen LogP contribution in [0.2, 0.25) is 0 Å². The van der Waals surface area contributed by atoms with Crippen molar-refractivity contribution < 1.29 is 4.39 Å². The van der Waals surface area contributed by atoms with Gasteiger partial charge >= 0.3 is 0 Å². The molecule has 0 aliphatic carbocycles. The fourth-order valence-electron chi connectivity index (χ4n) is 0.911. The lowest BCUT2D eigenvalue weighted by Crippen LogP contribution is -2.12. The molecule has 0 aliphatic rings. The van der Waals surface area contributed by atoms with Gasteiger partial charge in [-0.2, -0.15) is 0 Å². The van der Waals surface area contributed by atoms with Gasteiger partial charge in [0.15, 0.2) is 0 Å². The zero-order valence-corrected chi connectivity index (χ0v) is 9.51. The number of rotatable bonds is 3. The molecule has 13 heavy (non-hydrogen) atoms. The predicted octanol–water partition coefficient (Wildman–Crippen LogP) is 3.42. The fraction of sp³-hybridized carbons (Fsp3) is 0.200. The monoisotopic (exact) mass is 291 g/mol. The van der Waals surface area contributed by atoms with Crippen LogP contribution in [0.4, 0.5) is 10.1 Å². The van der Waals surface area contributed by atoms with E-state index in [-0.39, 0.29) is 11.9 Å². The number of nitrogens with one attached hydrogen (secondary N) is 1. The van der Waals surface area contributed by atoms with E-state index in [1.165, 1.54) is 12.1 Å². The number of benzene rings is 1. The van der Waals surface area contributed by atoms with Crippen LogP contribution in [0.5, 0.6) is 0 Å². The summed E-state index contributed by atoms with van der Waals surface area (Å²) >= 11 is 2.10. The highest BCUT2D eigenvalue weighted by atomic mass is 127. The molecule has 0 fully saturated rings. The van der Waals surface area contributed by atoms with Crippen molar-refractivity contribution in [2.75, 3.05) is 5.32 Å². The molecule has 1 nitrogen and oxygen atoms in total. The molecule has 0 aliphatic heterocycles. The molecule has 3 heteroatoms. The van der Waals surface area contributed by atoms with Gasteiger partial charge in [0.1, 0.15) is 5.82 Å². The zero-order valence-electron chi connectivity index (χ0n) is 7.35. The first-order chi connectivity index (χ1) is 6.13. The smallest absolute Gasteiger partial charge is 0.124 e. The third kappa shape index (κ3) is 2.99. The van der Waals surface area contributed by atoms with Crippen LogP contribution in [0.25, 0.3) is 0 Å². The van der Waals surface area contributed by atoms with Crippen molar-refractivity contribution in [3.05, 3.63) is 40.2 Å². The first-order valence-electron chi connectivity index (χ1n) is 3.97. The maximum Gasteiger partial charge on any atom is 0.124 e. The van der Waals surface area contributed by atoms with E-state index in [1.807, 2.05) is 6.92 Å². The zero-order chi connectivity index (χ0) is 9.84. The fourth-order valence-corrected chi connectivity index (χ4v) is 1.54. The van der Waals surface area contributed by atoms with Crippen molar-refractivity contribution >= 4 is 28.3 Å². The first kappa shape index (κ1) is 10.5. The second-order valence-electron chi connectivity index (χ2n) is 2.79. The van der Waals surface area contributed by atoms with Gasteiger partial charge in [-0.05, 0) is 47.7 Å². The van der Waals surface area contributed by atoms with E-state index >= 15 is 0 Å². The van der Waals surface area contributed by atoms with Crippen LogP contribution in [0, 0.1) is 9.39 Å². The number of hydrogen-bond donors (Lipinski definition) is 1. The Balaban J connectivity index is 2.83. The second kappa shape index (κ2) is 4.60. The van der Waals surface area contributed by atoms with Crippen LogP contribution < -0.4 is 5.32 Å². The third-order valence-corrected chi connectivity index (χ3v) is 2.56. The third-order valence-electron chi connectivity index (χ3n) is 1.67. The molecule has 0 radical (unpaired) electrons. The van der Waals surface area contributed by atoms with Crippen LogP contribution in [-0.2, 0) is 0 Å². The number of anilines is 1. The van der Waals surface area contributed by atoms with Gasteiger partial charge in [-0.3, -0.25) is 0 Å². The minimum atomic E-state index is -0.207. The molecule has 0 aromatic heterocycles. The van der Waals surface area contributed by atoms with Gasteiger partial charge in [-0.25, -0.2) is 4.39 Å². The van der Waals surface area contributed by atoms with E-state index in [9.17, 15) is 4.39 Å². The summed E-state index contributed by atoms with van der Waals surface area (Å²) in [6.07, 6.45) is 1.80. The van der Waals surface area contributed by atoms with Crippen LogP contribution in [0.15, 0.2) is 30.9 Å². The lowest BCUT2D eigenvalue weighted by atomic mass is 10.2. The van der Waals surface area contributed by atoms with Crippen LogP contribution in [0.3, 0.4) is 0 Å². The molecule has 1 aromatic carbocycles. The summed E-state index contributed by atoms with van der Waals surface area (Å²) in [6.45, 7) is 5.66. The second-order valence-corrected chi connectivity index (χ2v) is 3.96. The largest absolute Gasteiger partial charge is 0.378 e. The molecule has 0 spiro atoms. The van der Waals surface area contributed by atoms with E-state index < -0.39 is 0 Å². The summed E-state index contributed by atoms with van der Waals surface area (Å²) in [6, 6.07) is 4.87. The SMILES string of the molecule is C=CC(C)Nc1ccc(F)cc1I. The highest BCUT2D eigenvalue weighted by molar-refractivity contribution is 14.1.